The van der Waals surface area contributed by atoms with Gasteiger partial charge in [-0.1, -0.05) is 59.7 Å². The van der Waals surface area contributed by atoms with Crippen LogP contribution in [0.15, 0.2) is 18.2 Å². The maximum absolute atomic E-state index is 12.0. The Morgan fingerprint density at radius 2 is 1.41 bits per heavy atom. The molecule has 0 saturated carbocycles. The Kier molecular flexibility index (Phi) is 5.39. The van der Waals surface area contributed by atoms with Crippen LogP contribution >= 0.6 is 0 Å². The maximum Gasteiger partial charge on any atom is 0.311 e. The van der Waals surface area contributed by atoms with E-state index < -0.39 is 11.9 Å². The largest absolute Gasteiger partial charge is 0.481 e. The summed E-state index contributed by atoms with van der Waals surface area (Å²) in [6.07, 6.45) is -0.348. The fourth-order valence-electron chi connectivity index (χ4n) is 2.20. The molecule has 22 heavy (non-hydrogen) atoms. The average molecular weight is 306 g/mol. The highest BCUT2D eigenvalue weighted by Gasteiger charge is 2.27. The van der Waals surface area contributed by atoms with Crippen LogP contribution in [0.1, 0.15) is 65.5 Å². The van der Waals surface area contributed by atoms with Crippen LogP contribution in [-0.2, 0) is 20.4 Å². The summed E-state index contributed by atoms with van der Waals surface area (Å²) in [6.45, 7) is 12.4. The molecule has 0 aliphatic heterocycles. The highest BCUT2D eigenvalue weighted by Crippen LogP contribution is 2.39. The van der Waals surface area contributed by atoms with E-state index in [-0.39, 0.29) is 23.7 Å². The summed E-state index contributed by atoms with van der Waals surface area (Å²) in [6, 6.07) is 5.87. The number of hydrogen-bond acceptors (Lipinski definition) is 3. The molecule has 4 nitrogen and oxygen atoms in total. The van der Waals surface area contributed by atoms with Crippen molar-refractivity contribution in [3.63, 3.8) is 0 Å². The number of benzene rings is 1. The summed E-state index contributed by atoms with van der Waals surface area (Å²) in [5.41, 5.74) is 1.54. The summed E-state index contributed by atoms with van der Waals surface area (Å²) < 4.78 is 5.58. The minimum absolute atomic E-state index is 0.128. The van der Waals surface area contributed by atoms with Crippen LogP contribution in [0.4, 0.5) is 0 Å². The van der Waals surface area contributed by atoms with Crippen molar-refractivity contribution in [1.82, 2.24) is 0 Å². The molecule has 0 aliphatic rings. The molecule has 0 aliphatic carbocycles. The lowest BCUT2D eigenvalue weighted by atomic mass is 9.79. The minimum atomic E-state index is -1.00. The monoisotopic (exact) mass is 306 g/mol. The van der Waals surface area contributed by atoms with Gasteiger partial charge in [0.2, 0.25) is 0 Å². The summed E-state index contributed by atoms with van der Waals surface area (Å²) >= 11 is 0. The van der Waals surface area contributed by atoms with Gasteiger partial charge in [-0.15, -0.1) is 0 Å². The quantitative estimate of drug-likeness (QED) is 0.673. The molecule has 0 atom stereocenters. The number of rotatable bonds is 4. The van der Waals surface area contributed by atoms with Crippen molar-refractivity contribution in [3.8, 4) is 5.75 Å². The van der Waals surface area contributed by atoms with Crippen molar-refractivity contribution in [3.05, 3.63) is 29.3 Å². The first kappa shape index (κ1) is 18.2. The number of carbonyl (C=O) groups excluding carboxylic acids is 1. The Hall–Kier alpha value is -1.84. The number of aliphatic carboxylic acids is 1. The predicted molar refractivity (Wildman–Crippen MR) is 86.3 cm³/mol. The molecule has 0 spiro atoms. The van der Waals surface area contributed by atoms with E-state index in [1.54, 1.807) is 0 Å². The number of para-hydroxylation sites is 1. The van der Waals surface area contributed by atoms with Crippen LogP contribution in [0.5, 0.6) is 5.75 Å². The highest BCUT2D eigenvalue weighted by atomic mass is 16.5. The molecular weight excluding hydrogens is 280 g/mol. The molecule has 1 aromatic carbocycles. The third kappa shape index (κ3) is 4.86. The number of esters is 1. The normalized spacial score (nSPS) is 12.1. The SMILES string of the molecule is CC(C)(C)c1cccc(C(C)(C)C)c1OC(=O)CCC(=O)O. The van der Waals surface area contributed by atoms with E-state index >= 15 is 0 Å². The van der Waals surface area contributed by atoms with Crippen molar-refractivity contribution in [2.45, 2.75) is 65.2 Å². The number of carboxylic acids is 1. The Morgan fingerprint density at radius 3 is 1.77 bits per heavy atom. The van der Waals surface area contributed by atoms with Crippen molar-refractivity contribution in [2.24, 2.45) is 0 Å². The third-order valence-electron chi connectivity index (χ3n) is 3.39. The number of carboxylic acid groups (broad SMARTS) is 1. The predicted octanol–water partition coefficient (Wildman–Crippen LogP) is 4.05. The van der Waals surface area contributed by atoms with E-state index in [1.165, 1.54) is 0 Å². The molecular formula is C18H26O4. The van der Waals surface area contributed by atoms with Gasteiger partial charge >= 0.3 is 11.9 Å². The molecule has 4 heteroatoms. The van der Waals surface area contributed by atoms with Gasteiger partial charge in [-0.3, -0.25) is 9.59 Å². The van der Waals surface area contributed by atoms with Gasteiger partial charge < -0.3 is 9.84 Å². The van der Waals surface area contributed by atoms with E-state index in [1.807, 2.05) is 18.2 Å². The topological polar surface area (TPSA) is 63.6 Å². The highest BCUT2D eigenvalue weighted by molar-refractivity contribution is 5.78. The molecule has 1 rings (SSSR count). The van der Waals surface area contributed by atoms with Gasteiger partial charge in [0, 0.05) is 11.1 Å². The zero-order chi connectivity index (χ0) is 17.1. The van der Waals surface area contributed by atoms with Crippen LogP contribution in [-0.4, -0.2) is 17.0 Å². The van der Waals surface area contributed by atoms with Gasteiger partial charge in [0.15, 0.2) is 0 Å². The summed E-state index contributed by atoms with van der Waals surface area (Å²) in [7, 11) is 0. The van der Waals surface area contributed by atoms with Crippen molar-refractivity contribution < 1.29 is 19.4 Å². The van der Waals surface area contributed by atoms with Gasteiger partial charge in [0.05, 0.1) is 12.8 Å². The summed E-state index contributed by atoms with van der Waals surface area (Å²) in [4.78, 5) is 22.6. The summed E-state index contributed by atoms with van der Waals surface area (Å²) in [5, 5.41) is 8.69. The molecule has 1 aromatic rings. The molecule has 0 amide bonds. The van der Waals surface area contributed by atoms with E-state index in [4.69, 9.17) is 9.84 Å². The van der Waals surface area contributed by atoms with Crippen LogP contribution in [0, 0.1) is 0 Å². The molecule has 0 saturated heterocycles. The zero-order valence-electron chi connectivity index (χ0n) is 14.3. The Balaban J connectivity index is 3.24. The molecule has 0 radical (unpaired) electrons. The second-order valence-electron chi connectivity index (χ2n) is 7.55. The number of carbonyl (C=O) groups is 2. The molecule has 0 fully saturated rings. The third-order valence-corrected chi connectivity index (χ3v) is 3.39. The number of ether oxygens (including phenoxy) is 1. The van der Waals surface area contributed by atoms with Crippen molar-refractivity contribution >= 4 is 11.9 Å². The van der Waals surface area contributed by atoms with Crippen LogP contribution in [0.3, 0.4) is 0 Å². The smallest absolute Gasteiger partial charge is 0.311 e. The van der Waals surface area contributed by atoms with Crippen molar-refractivity contribution in [1.29, 1.82) is 0 Å². The van der Waals surface area contributed by atoms with Crippen LogP contribution < -0.4 is 4.74 Å². The Bertz CT molecular complexity index is 527. The van der Waals surface area contributed by atoms with E-state index in [9.17, 15) is 9.59 Å². The van der Waals surface area contributed by atoms with E-state index in [0.717, 1.165) is 11.1 Å². The molecule has 122 valence electrons. The lowest BCUT2D eigenvalue weighted by molar-refractivity contribution is -0.142. The summed E-state index contributed by atoms with van der Waals surface area (Å²) in [5.74, 6) is -0.945. The van der Waals surface area contributed by atoms with Gasteiger partial charge in [0.25, 0.3) is 0 Å². The lowest BCUT2D eigenvalue weighted by Gasteiger charge is -2.28. The standard InChI is InChI=1S/C18H26O4/c1-17(2,3)12-8-7-9-13(18(4,5)6)16(12)22-15(21)11-10-14(19)20/h7-9H,10-11H2,1-6H3,(H,19,20). The fraction of sp³-hybridized carbons (Fsp3) is 0.556. The van der Waals surface area contributed by atoms with Gasteiger partial charge in [-0.05, 0) is 10.8 Å². The van der Waals surface area contributed by atoms with Crippen LogP contribution in [0.2, 0.25) is 0 Å². The van der Waals surface area contributed by atoms with E-state index in [0.29, 0.717) is 5.75 Å². The first-order valence-electron chi connectivity index (χ1n) is 7.49. The molecule has 1 N–H and O–H groups in total. The van der Waals surface area contributed by atoms with Gasteiger partial charge in [-0.25, -0.2) is 0 Å². The van der Waals surface area contributed by atoms with E-state index in [2.05, 4.69) is 41.5 Å². The second-order valence-corrected chi connectivity index (χ2v) is 7.55. The molecule has 0 unspecified atom stereocenters. The average Bonchev–Trinajstić information content (AvgIpc) is 2.34. The van der Waals surface area contributed by atoms with Gasteiger partial charge in [0.1, 0.15) is 5.75 Å². The zero-order valence-corrected chi connectivity index (χ0v) is 14.3. The molecule has 0 bridgehead atoms. The molecule has 0 aromatic heterocycles. The minimum Gasteiger partial charge on any atom is -0.481 e. The molecule has 0 heterocycles. The first-order valence-corrected chi connectivity index (χ1v) is 7.49. The first-order chi connectivity index (χ1) is 9.93. The second kappa shape index (κ2) is 6.51. The van der Waals surface area contributed by atoms with Crippen molar-refractivity contribution in [2.75, 3.05) is 0 Å². The Morgan fingerprint density at radius 1 is 0.955 bits per heavy atom. The van der Waals surface area contributed by atoms with Gasteiger partial charge in [-0.2, -0.15) is 0 Å². The lowest BCUT2D eigenvalue weighted by Crippen LogP contribution is -2.22. The maximum atomic E-state index is 12.0. The number of hydrogen-bond donors (Lipinski definition) is 1. The fourth-order valence-corrected chi connectivity index (χ4v) is 2.20. The van der Waals surface area contributed by atoms with Crippen LogP contribution in [0.25, 0.3) is 0 Å². The Labute approximate surface area is 132 Å².